The van der Waals surface area contributed by atoms with Crippen molar-refractivity contribution in [3.05, 3.63) is 71.8 Å². The van der Waals surface area contributed by atoms with Crippen LogP contribution in [0.25, 0.3) is 16.8 Å². The molecule has 0 aromatic heterocycles. The maximum atomic E-state index is 5.86. The van der Waals surface area contributed by atoms with Gasteiger partial charge in [-0.2, -0.15) is 0 Å². The van der Waals surface area contributed by atoms with Crippen LogP contribution in [-0.4, -0.2) is 6.61 Å². The molecule has 0 atom stereocenters. The van der Waals surface area contributed by atoms with Gasteiger partial charge in [0.2, 0.25) is 0 Å². The number of rotatable bonds is 11. The first-order chi connectivity index (χ1) is 17.1. The number of hydrogen-bond acceptors (Lipinski definition) is 3. The monoisotopic (exact) mass is 470 g/mol. The van der Waals surface area contributed by atoms with E-state index in [1.165, 1.54) is 79.7 Å². The molecule has 0 heterocycles. The van der Waals surface area contributed by atoms with Crippen molar-refractivity contribution in [1.82, 2.24) is 0 Å². The van der Waals surface area contributed by atoms with Gasteiger partial charge in [-0.05, 0) is 97.2 Å². The molecule has 0 amide bonds. The highest BCUT2D eigenvalue weighted by atomic mass is 16.5. The number of fused-ring (bicyclic) bond motifs is 1. The van der Waals surface area contributed by atoms with Crippen molar-refractivity contribution >= 4 is 28.2 Å². The maximum Gasteiger partial charge on any atom is 0.123 e. The summed E-state index contributed by atoms with van der Waals surface area (Å²) >= 11 is 0. The SMILES string of the molecule is CCCCCc1ccc2cc(/C=C/C3CCC(CCCOc4cc(N)cc(N)c4)CC3)ccc2c1. The van der Waals surface area contributed by atoms with Gasteiger partial charge in [0.1, 0.15) is 5.75 Å². The van der Waals surface area contributed by atoms with Gasteiger partial charge in [0.05, 0.1) is 6.61 Å². The molecule has 1 saturated carbocycles. The highest BCUT2D eigenvalue weighted by Gasteiger charge is 2.19. The van der Waals surface area contributed by atoms with Crippen LogP contribution < -0.4 is 16.2 Å². The highest BCUT2D eigenvalue weighted by molar-refractivity contribution is 5.85. The van der Waals surface area contributed by atoms with Crippen LogP contribution in [0.4, 0.5) is 11.4 Å². The molecule has 3 aromatic rings. The molecule has 0 radical (unpaired) electrons. The normalized spacial score (nSPS) is 18.3. The van der Waals surface area contributed by atoms with E-state index in [0.29, 0.717) is 17.3 Å². The van der Waals surface area contributed by atoms with E-state index in [2.05, 4.69) is 55.5 Å². The fraction of sp³-hybridized carbons (Fsp3) is 0.438. The lowest BCUT2D eigenvalue weighted by Crippen LogP contribution is -2.14. The number of nitrogen functional groups attached to an aromatic ring is 2. The number of aryl methyl sites for hydroxylation is 1. The second-order valence-electron chi connectivity index (χ2n) is 10.4. The van der Waals surface area contributed by atoms with Crippen LogP contribution in [0.2, 0.25) is 0 Å². The molecule has 186 valence electrons. The number of anilines is 2. The third kappa shape index (κ3) is 7.78. The molecule has 1 aliphatic carbocycles. The van der Waals surface area contributed by atoms with Gasteiger partial charge in [0, 0.05) is 23.5 Å². The van der Waals surface area contributed by atoms with Gasteiger partial charge in [0.25, 0.3) is 0 Å². The minimum Gasteiger partial charge on any atom is -0.493 e. The largest absolute Gasteiger partial charge is 0.493 e. The van der Waals surface area contributed by atoms with Crippen molar-refractivity contribution in [2.45, 2.75) is 71.1 Å². The van der Waals surface area contributed by atoms with Gasteiger partial charge in [-0.3, -0.25) is 0 Å². The molecule has 1 fully saturated rings. The standard InChI is InChI=1S/C32H42N2O/c1-2-3-4-6-26-14-16-29-20-27(15-17-28(29)19-26)13-12-25-10-8-24(9-11-25)7-5-18-35-32-22-30(33)21-31(34)23-32/h12-17,19-25H,2-11,18,33-34H2,1H3/b13-12+. The molecule has 3 nitrogen and oxygen atoms in total. The average molecular weight is 471 g/mol. The van der Waals surface area contributed by atoms with E-state index in [-0.39, 0.29) is 0 Å². The number of ether oxygens (including phenoxy) is 1. The zero-order valence-electron chi connectivity index (χ0n) is 21.3. The van der Waals surface area contributed by atoms with Gasteiger partial charge < -0.3 is 16.2 Å². The van der Waals surface area contributed by atoms with Crippen LogP contribution in [0.3, 0.4) is 0 Å². The molecule has 4 rings (SSSR count). The molecule has 0 spiro atoms. The molecule has 1 aliphatic rings. The van der Waals surface area contributed by atoms with Crippen molar-refractivity contribution in [1.29, 1.82) is 0 Å². The van der Waals surface area contributed by atoms with Crippen molar-refractivity contribution in [3.63, 3.8) is 0 Å². The Bertz CT molecular complexity index is 1090. The topological polar surface area (TPSA) is 61.3 Å². The summed E-state index contributed by atoms with van der Waals surface area (Å²) < 4.78 is 5.86. The predicted molar refractivity (Wildman–Crippen MR) is 152 cm³/mol. The fourth-order valence-electron chi connectivity index (χ4n) is 5.36. The van der Waals surface area contributed by atoms with E-state index in [0.717, 1.165) is 24.7 Å². The van der Waals surface area contributed by atoms with Crippen LogP contribution in [0.5, 0.6) is 5.75 Å². The lowest BCUT2D eigenvalue weighted by atomic mass is 9.80. The summed E-state index contributed by atoms with van der Waals surface area (Å²) in [6.45, 7) is 2.99. The summed E-state index contributed by atoms with van der Waals surface area (Å²) in [5, 5.41) is 2.71. The summed E-state index contributed by atoms with van der Waals surface area (Å²) in [6.07, 6.45) is 17.4. The molecule has 0 unspecified atom stereocenters. The predicted octanol–water partition coefficient (Wildman–Crippen LogP) is 8.42. The molecule has 0 aliphatic heterocycles. The number of allylic oxidation sites excluding steroid dienone is 1. The Labute approximate surface area is 211 Å². The smallest absolute Gasteiger partial charge is 0.123 e. The van der Waals surface area contributed by atoms with Crippen molar-refractivity contribution in [2.75, 3.05) is 18.1 Å². The van der Waals surface area contributed by atoms with Crippen LogP contribution in [0, 0.1) is 11.8 Å². The minimum absolute atomic E-state index is 0.655. The highest BCUT2D eigenvalue weighted by Crippen LogP contribution is 2.33. The number of benzene rings is 3. The molecule has 3 heteroatoms. The molecule has 0 saturated heterocycles. The lowest BCUT2D eigenvalue weighted by molar-refractivity contribution is 0.254. The van der Waals surface area contributed by atoms with E-state index in [1.807, 2.05) is 12.1 Å². The first kappa shape index (κ1) is 25.2. The Morgan fingerprint density at radius 3 is 2.34 bits per heavy atom. The van der Waals surface area contributed by atoms with Crippen LogP contribution >= 0.6 is 0 Å². The number of hydrogen-bond donors (Lipinski definition) is 2. The first-order valence-electron chi connectivity index (χ1n) is 13.6. The molecule has 0 bridgehead atoms. The van der Waals surface area contributed by atoms with Gasteiger partial charge in [-0.15, -0.1) is 0 Å². The molecular formula is C32H42N2O. The summed E-state index contributed by atoms with van der Waals surface area (Å²) in [6, 6.07) is 19.3. The minimum atomic E-state index is 0.655. The Hall–Kier alpha value is -2.94. The summed E-state index contributed by atoms with van der Waals surface area (Å²) in [7, 11) is 0. The number of unbranched alkanes of at least 4 members (excludes halogenated alkanes) is 2. The van der Waals surface area contributed by atoms with Crippen molar-refractivity contribution < 1.29 is 4.74 Å². The average Bonchev–Trinajstić information content (AvgIpc) is 2.85. The molecule has 3 aromatic carbocycles. The third-order valence-corrected chi connectivity index (χ3v) is 7.43. The zero-order valence-corrected chi connectivity index (χ0v) is 21.3. The Kier molecular flexibility index (Phi) is 9.11. The van der Waals surface area contributed by atoms with Crippen molar-refractivity contribution in [2.24, 2.45) is 11.8 Å². The van der Waals surface area contributed by atoms with Gasteiger partial charge in [-0.25, -0.2) is 0 Å². The van der Waals surface area contributed by atoms with Crippen LogP contribution in [0.15, 0.2) is 60.7 Å². The van der Waals surface area contributed by atoms with Crippen LogP contribution in [-0.2, 0) is 6.42 Å². The fourth-order valence-corrected chi connectivity index (χ4v) is 5.36. The van der Waals surface area contributed by atoms with E-state index in [9.17, 15) is 0 Å². The molecular weight excluding hydrogens is 428 g/mol. The first-order valence-corrected chi connectivity index (χ1v) is 13.6. The summed E-state index contributed by atoms with van der Waals surface area (Å²) in [5.74, 6) is 2.30. The van der Waals surface area contributed by atoms with Gasteiger partial charge in [-0.1, -0.05) is 62.2 Å². The van der Waals surface area contributed by atoms with E-state index >= 15 is 0 Å². The Balaban J connectivity index is 1.19. The number of nitrogens with two attached hydrogens (primary N) is 2. The summed E-state index contributed by atoms with van der Waals surface area (Å²) in [5.41, 5.74) is 15.8. The van der Waals surface area contributed by atoms with Crippen molar-refractivity contribution in [3.8, 4) is 5.75 Å². The Morgan fingerprint density at radius 2 is 1.57 bits per heavy atom. The zero-order chi connectivity index (χ0) is 24.5. The Morgan fingerprint density at radius 1 is 0.829 bits per heavy atom. The van der Waals surface area contributed by atoms with E-state index in [4.69, 9.17) is 16.2 Å². The van der Waals surface area contributed by atoms with E-state index in [1.54, 1.807) is 6.07 Å². The van der Waals surface area contributed by atoms with Crippen LogP contribution in [0.1, 0.15) is 75.8 Å². The second-order valence-corrected chi connectivity index (χ2v) is 10.4. The molecule has 35 heavy (non-hydrogen) atoms. The molecule has 4 N–H and O–H groups in total. The third-order valence-electron chi connectivity index (χ3n) is 7.43. The quantitative estimate of drug-likeness (QED) is 0.218. The maximum absolute atomic E-state index is 5.86. The van der Waals surface area contributed by atoms with Gasteiger partial charge >= 0.3 is 0 Å². The summed E-state index contributed by atoms with van der Waals surface area (Å²) in [4.78, 5) is 0. The second kappa shape index (κ2) is 12.7. The van der Waals surface area contributed by atoms with Gasteiger partial charge in [0.15, 0.2) is 0 Å². The van der Waals surface area contributed by atoms with E-state index < -0.39 is 0 Å². The lowest BCUT2D eigenvalue weighted by Gasteiger charge is -2.26.